The number of aromatic nitrogens is 3. The van der Waals surface area contributed by atoms with Crippen molar-refractivity contribution in [3.05, 3.63) is 65.5 Å². The summed E-state index contributed by atoms with van der Waals surface area (Å²) >= 11 is 0. The molecule has 2 aromatic heterocycles. The molecule has 1 aromatic carbocycles. The maximum atomic E-state index is 11.6. The first kappa shape index (κ1) is 26.7. The summed E-state index contributed by atoms with van der Waals surface area (Å²) in [6, 6.07) is 16.1. The summed E-state index contributed by atoms with van der Waals surface area (Å²) in [5.41, 5.74) is 3.36. The van der Waals surface area contributed by atoms with Gasteiger partial charge in [0.2, 0.25) is 5.95 Å². The predicted molar refractivity (Wildman–Crippen MR) is 150 cm³/mol. The molecule has 3 aromatic rings. The number of hydrogen-bond acceptors (Lipinski definition) is 11. The fourth-order valence-corrected chi connectivity index (χ4v) is 4.77. The number of hydrazone groups is 1. The van der Waals surface area contributed by atoms with E-state index in [0.717, 1.165) is 18.4 Å². The van der Waals surface area contributed by atoms with Gasteiger partial charge in [0.1, 0.15) is 17.6 Å². The van der Waals surface area contributed by atoms with E-state index in [-0.39, 0.29) is 12.6 Å². The highest BCUT2D eigenvalue weighted by molar-refractivity contribution is 6.37. The van der Waals surface area contributed by atoms with Gasteiger partial charge < -0.3 is 25.9 Å². The standard InChI is InChI=1S/C28H29N9O3/c29-14-18-4-1-5-19(12-18)22-13-23(35-28(34-22)33-21-9-11-40-17-21)24(36-30)16-31-15-20-6-2-8-26(32-20)37-10-3-7-25(37)27(38)39/h1-2,4-6,8,12-13,16,21,25H,3,7,9-11,15,17,30H2,(H,38,39)(H,33,34,35). The Hall–Kier alpha value is -4.89. The Morgan fingerprint density at radius 2 is 2.10 bits per heavy atom. The molecule has 0 aliphatic carbocycles. The molecule has 12 nitrogen and oxygen atoms in total. The minimum absolute atomic E-state index is 0.0788. The number of pyridine rings is 1. The van der Waals surface area contributed by atoms with Crippen molar-refractivity contribution in [1.82, 2.24) is 15.0 Å². The summed E-state index contributed by atoms with van der Waals surface area (Å²) in [5, 5.41) is 26.1. The molecule has 0 saturated carbocycles. The Bertz CT molecular complexity index is 1480. The van der Waals surface area contributed by atoms with Gasteiger partial charge in [-0.1, -0.05) is 18.2 Å². The molecule has 0 amide bonds. The van der Waals surface area contributed by atoms with Crippen LogP contribution in [0.2, 0.25) is 0 Å². The number of carboxylic acid groups (broad SMARTS) is 1. The molecule has 4 heterocycles. The fourth-order valence-electron chi connectivity index (χ4n) is 4.77. The quantitative estimate of drug-likeness (QED) is 0.208. The number of nitriles is 1. The second kappa shape index (κ2) is 12.3. The zero-order valence-electron chi connectivity index (χ0n) is 21.8. The third-order valence-electron chi connectivity index (χ3n) is 6.77. The lowest BCUT2D eigenvalue weighted by atomic mass is 10.1. The molecular formula is C28H29N9O3. The van der Waals surface area contributed by atoms with Crippen LogP contribution in [0.5, 0.6) is 0 Å². The molecule has 2 unspecified atom stereocenters. The molecule has 2 fully saturated rings. The van der Waals surface area contributed by atoms with Crippen LogP contribution in [0, 0.1) is 11.3 Å². The molecule has 0 bridgehead atoms. The van der Waals surface area contributed by atoms with E-state index in [1.165, 1.54) is 6.21 Å². The van der Waals surface area contributed by atoms with Crippen LogP contribution in [0.15, 0.2) is 58.6 Å². The summed E-state index contributed by atoms with van der Waals surface area (Å²) in [4.78, 5) is 31.8. The summed E-state index contributed by atoms with van der Waals surface area (Å²) in [6.45, 7) is 2.12. The maximum absolute atomic E-state index is 11.6. The number of nitrogens with two attached hydrogens (primary N) is 1. The van der Waals surface area contributed by atoms with Gasteiger partial charge in [0.05, 0.1) is 54.1 Å². The van der Waals surface area contributed by atoms with Crippen LogP contribution >= 0.6 is 0 Å². The first-order valence-corrected chi connectivity index (χ1v) is 13.0. The van der Waals surface area contributed by atoms with Crippen molar-refractivity contribution < 1.29 is 14.6 Å². The minimum Gasteiger partial charge on any atom is -0.480 e. The van der Waals surface area contributed by atoms with E-state index >= 15 is 0 Å². The number of rotatable bonds is 9. The van der Waals surface area contributed by atoms with Gasteiger partial charge in [-0.25, -0.2) is 19.7 Å². The molecule has 0 radical (unpaired) electrons. The van der Waals surface area contributed by atoms with Crippen LogP contribution in [-0.2, 0) is 16.1 Å². The highest BCUT2D eigenvalue weighted by Crippen LogP contribution is 2.25. The summed E-state index contributed by atoms with van der Waals surface area (Å²) in [6.07, 6.45) is 3.78. The normalized spacial score (nSPS) is 19.2. The molecule has 2 aliphatic heterocycles. The predicted octanol–water partition coefficient (Wildman–Crippen LogP) is 2.60. The monoisotopic (exact) mass is 539 g/mol. The maximum Gasteiger partial charge on any atom is 0.326 e. The fraction of sp³-hybridized carbons (Fsp3) is 0.321. The molecule has 2 aliphatic rings. The molecule has 2 atom stereocenters. The Labute approximate surface area is 231 Å². The summed E-state index contributed by atoms with van der Waals surface area (Å²) in [5.74, 6) is 5.93. The zero-order chi connectivity index (χ0) is 27.9. The number of nitrogens with zero attached hydrogens (tertiary/aromatic N) is 7. The molecule has 4 N–H and O–H groups in total. The van der Waals surface area contributed by atoms with E-state index in [9.17, 15) is 15.2 Å². The van der Waals surface area contributed by atoms with Crippen molar-refractivity contribution in [3.8, 4) is 17.3 Å². The van der Waals surface area contributed by atoms with Crippen LogP contribution in [0.3, 0.4) is 0 Å². The molecule has 5 rings (SSSR count). The molecule has 0 spiro atoms. The largest absolute Gasteiger partial charge is 0.480 e. The highest BCUT2D eigenvalue weighted by atomic mass is 16.5. The zero-order valence-corrected chi connectivity index (χ0v) is 21.8. The van der Waals surface area contributed by atoms with Crippen LogP contribution in [0.4, 0.5) is 11.8 Å². The summed E-state index contributed by atoms with van der Waals surface area (Å²) in [7, 11) is 0. The Morgan fingerprint density at radius 3 is 2.88 bits per heavy atom. The Morgan fingerprint density at radius 1 is 1.23 bits per heavy atom. The molecule has 2 saturated heterocycles. The molecular weight excluding hydrogens is 510 g/mol. The lowest BCUT2D eigenvalue weighted by Gasteiger charge is -2.22. The van der Waals surface area contributed by atoms with Gasteiger partial charge in [0.25, 0.3) is 0 Å². The number of anilines is 2. The van der Waals surface area contributed by atoms with Gasteiger partial charge in [-0.3, -0.25) is 4.99 Å². The molecule has 12 heteroatoms. The van der Waals surface area contributed by atoms with Crippen LogP contribution in [0.1, 0.15) is 36.2 Å². The number of hydrogen-bond donors (Lipinski definition) is 3. The number of carboxylic acids is 1. The third kappa shape index (κ3) is 6.22. The number of nitrogens with one attached hydrogen (secondary N) is 1. The van der Waals surface area contributed by atoms with Crippen molar-refractivity contribution in [2.24, 2.45) is 15.9 Å². The van der Waals surface area contributed by atoms with Gasteiger partial charge in [-0.05, 0) is 49.6 Å². The third-order valence-corrected chi connectivity index (χ3v) is 6.77. The van der Waals surface area contributed by atoms with E-state index in [1.807, 2.05) is 29.2 Å². The molecule has 40 heavy (non-hydrogen) atoms. The molecule has 204 valence electrons. The van der Waals surface area contributed by atoms with Crippen molar-refractivity contribution in [2.45, 2.75) is 37.9 Å². The number of aliphatic carboxylic acids is 1. The highest BCUT2D eigenvalue weighted by Gasteiger charge is 2.31. The van der Waals surface area contributed by atoms with Gasteiger partial charge >= 0.3 is 5.97 Å². The first-order valence-electron chi connectivity index (χ1n) is 13.0. The van der Waals surface area contributed by atoms with E-state index in [0.29, 0.717) is 66.3 Å². The van der Waals surface area contributed by atoms with Gasteiger partial charge in [0.15, 0.2) is 0 Å². The van der Waals surface area contributed by atoms with Crippen molar-refractivity contribution in [2.75, 3.05) is 30.0 Å². The SMILES string of the molecule is N#Cc1cccc(-c2cc(C(C=NCc3cccc(N4CCCC4C(=O)O)n3)=NN)nc(NC3CCOC3)n2)c1. The van der Waals surface area contributed by atoms with E-state index in [2.05, 4.69) is 36.4 Å². The van der Waals surface area contributed by atoms with Crippen molar-refractivity contribution >= 4 is 29.7 Å². The average molecular weight is 540 g/mol. The van der Waals surface area contributed by atoms with Gasteiger partial charge in [0, 0.05) is 18.7 Å². The Balaban J connectivity index is 1.38. The number of carbonyl (C=O) groups is 1. The lowest BCUT2D eigenvalue weighted by Crippen LogP contribution is -2.36. The lowest BCUT2D eigenvalue weighted by molar-refractivity contribution is -0.138. The number of ether oxygens (including phenoxy) is 1. The van der Waals surface area contributed by atoms with Gasteiger partial charge in [-0.2, -0.15) is 10.4 Å². The Kier molecular flexibility index (Phi) is 8.22. The second-order valence-electron chi connectivity index (χ2n) is 9.52. The van der Waals surface area contributed by atoms with Crippen molar-refractivity contribution in [3.63, 3.8) is 0 Å². The number of aliphatic imine (C=N–C) groups is 1. The van der Waals surface area contributed by atoms with E-state index in [4.69, 9.17) is 10.6 Å². The smallest absolute Gasteiger partial charge is 0.326 e. The first-order chi connectivity index (χ1) is 19.5. The minimum atomic E-state index is -0.843. The van der Waals surface area contributed by atoms with Crippen LogP contribution < -0.4 is 16.1 Å². The van der Waals surface area contributed by atoms with Crippen molar-refractivity contribution in [1.29, 1.82) is 5.26 Å². The number of benzene rings is 1. The average Bonchev–Trinajstić information content (AvgIpc) is 3.68. The summed E-state index contributed by atoms with van der Waals surface area (Å²) < 4.78 is 5.47. The van der Waals surface area contributed by atoms with E-state index < -0.39 is 12.0 Å². The van der Waals surface area contributed by atoms with Crippen LogP contribution in [-0.4, -0.2) is 69.8 Å². The second-order valence-corrected chi connectivity index (χ2v) is 9.52. The van der Waals surface area contributed by atoms with Gasteiger partial charge in [-0.15, -0.1) is 0 Å². The van der Waals surface area contributed by atoms with Crippen LogP contribution in [0.25, 0.3) is 11.3 Å². The topological polar surface area (TPSA) is 175 Å². The van der Waals surface area contributed by atoms with E-state index in [1.54, 1.807) is 24.3 Å².